The monoisotopic (exact) mass is 446 g/mol. The Morgan fingerprint density at radius 1 is 1.52 bits per heavy atom. The number of alkyl carbamates (subject to hydrolysis) is 1. The van der Waals surface area contributed by atoms with Crippen molar-refractivity contribution < 1.29 is 28.6 Å². The predicted molar refractivity (Wildman–Crippen MR) is 96.6 cm³/mol. The molecule has 11 heteroatoms. The number of carboxylic acid groups (broad SMARTS) is 1. The van der Waals surface area contributed by atoms with Crippen molar-refractivity contribution >= 4 is 33.9 Å². The summed E-state index contributed by atoms with van der Waals surface area (Å²) in [5.74, 6) is -1.52. The lowest BCUT2D eigenvalue weighted by atomic mass is 10.1. The van der Waals surface area contributed by atoms with Crippen LogP contribution in [0.15, 0.2) is 15.5 Å². The second-order valence-corrected chi connectivity index (χ2v) is 7.83. The highest BCUT2D eigenvalue weighted by atomic mass is 79.9. The fourth-order valence-corrected chi connectivity index (χ4v) is 2.87. The molecule has 27 heavy (non-hydrogen) atoms. The standard InChI is InChI=1S/C16H23BrN4O6/c1-16(2,3)27-15(25)19-11(7-9-8-26-14(17)18-9)12(22)21-6-4-5-10(20-21)13(23)24/h8,10-11,20H,4-7H2,1-3H3,(H,19,25)(H,23,24)/t10-,11-/m0/s1. The molecule has 1 saturated heterocycles. The Hall–Kier alpha value is -2.14. The minimum Gasteiger partial charge on any atom is -0.480 e. The quantitative estimate of drug-likeness (QED) is 0.618. The normalized spacial score (nSPS) is 18.7. The van der Waals surface area contributed by atoms with Crippen LogP contribution in [-0.2, 0) is 20.7 Å². The number of halogens is 1. The predicted octanol–water partition coefficient (Wildman–Crippen LogP) is 1.45. The Labute approximate surface area is 164 Å². The number of carboxylic acids is 1. The largest absolute Gasteiger partial charge is 0.480 e. The number of rotatable bonds is 5. The summed E-state index contributed by atoms with van der Waals surface area (Å²) in [6.45, 7) is 5.46. The van der Waals surface area contributed by atoms with Crippen LogP contribution in [-0.4, -0.2) is 57.3 Å². The summed E-state index contributed by atoms with van der Waals surface area (Å²) in [7, 11) is 0. The van der Waals surface area contributed by atoms with E-state index in [1.54, 1.807) is 20.8 Å². The molecule has 0 saturated carbocycles. The third kappa shape index (κ3) is 6.51. The Kier molecular flexibility index (Phi) is 6.82. The van der Waals surface area contributed by atoms with Gasteiger partial charge in [0.15, 0.2) is 0 Å². The number of nitrogens with one attached hydrogen (secondary N) is 2. The van der Waals surface area contributed by atoms with Gasteiger partial charge in [-0.2, -0.15) is 0 Å². The Bertz CT molecular complexity index is 701. The van der Waals surface area contributed by atoms with E-state index >= 15 is 0 Å². The van der Waals surface area contributed by atoms with Crippen LogP contribution in [0.3, 0.4) is 0 Å². The summed E-state index contributed by atoms with van der Waals surface area (Å²) in [5, 5.41) is 12.9. The number of oxazole rings is 1. The first-order valence-corrected chi connectivity index (χ1v) is 9.24. The molecule has 0 unspecified atom stereocenters. The highest BCUT2D eigenvalue weighted by Gasteiger charge is 2.33. The van der Waals surface area contributed by atoms with Gasteiger partial charge >= 0.3 is 12.1 Å². The van der Waals surface area contributed by atoms with Crippen molar-refractivity contribution in [3.05, 3.63) is 16.8 Å². The summed E-state index contributed by atoms with van der Waals surface area (Å²) < 4.78 is 10.3. The van der Waals surface area contributed by atoms with E-state index in [2.05, 4.69) is 31.7 Å². The highest BCUT2D eigenvalue weighted by Crippen LogP contribution is 2.14. The van der Waals surface area contributed by atoms with Crippen molar-refractivity contribution in [2.45, 2.75) is 57.7 Å². The number of carbonyl (C=O) groups excluding carboxylic acids is 2. The second kappa shape index (κ2) is 8.70. The van der Waals surface area contributed by atoms with E-state index in [0.29, 0.717) is 25.1 Å². The molecule has 0 bridgehead atoms. The maximum atomic E-state index is 12.9. The molecule has 10 nitrogen and oxygen atoms in total. The molecular formula is C16H23BrN4O6. The summed E-state index contributed by atoms with van der Waals surface area (Å²) in [4.78, 5) is 40.6. The molecule has 150 valence electrons. The molecule has 0 spiro atoms. The van der Waals surface area contributed by atoms with Gasteiger partial charge < -0.3 is 19.6 Å². The van der Waals surface area contributed by atoms with Crippen molar-refractivity contribution in [3.63, 3.8) is 0 Å². The van der Waals surface area contributed by atoms with Crippen LogP contribution >= 0.6 is 15.9 Å². The first-order chi connectivity index (χ1) is 12.5. The number of amides is 2. The van der Waals surface area contributed by atoms with Crippen molar-refractivity contribution in [2.75, 3.05) is 6.54 Å². The molecule has 1 aliphatic rings. The number of nitrogens with zero attached hydrogens (tertiary/aromatic N) is 2. The number of hydrogen-bond donors (Lipinski definition) is 3. The topological polar surface area (TPSA) is 134 Å². The number of hydrogen-bond acceptors (Lipinski definition) is 7. The van der Waals surface area contributed by atoms with Gasteiger partial charge in [-0.25, -0.2) is 15.2 Å². The molecule has 0 radical (unpaired) electrons. The highest BCUT2D eigenvalue weighted by molar-refractivity contribution is 9.10. The summed E-state index contributed by atoms with van der Waals surface area (Å²) in [6, 6.07) is -1.86. The lowest BCUT2D eigenvalue weighted by Crippen LogP contribution is -2.60. The molecule has 1 fully saturated rings. The van der Waals surface area contributed by atoms with Crippen molar-refractivity contribution in [3.8, 4) is 0 Å². The van der Waals surface area contributed by atoms with E-state index < -0.39 is 35.7 Å². The number of carbonyl (C=O) groups is 3. The van der Waals surface area contributed by atoms with Crippen molar-refractivity contribution in [2.24, 2.45) is 0 Å². The summed E-state index contributed by atoms with van der Waals surface area (Å²) in [5.41, 5.74) is 2.40. The van der Waals surface area contributed by atoms with Crippen LogP contribution in [0.25, 0.3) is 0 Å². The smallest absolute Gasteiger partial charge is 0.408 e. The van der Waals surface area contributed by atoms with E-state index in [-0.39, 0.29) is 11.2 Å². The van der Waals surface area contributed by atoms with E-state index in [1.807, 2.05) is 0 Å². The van der Waals surface area contributed by atoms with E-state index in [1.165, 1.54) is 11.3 Å². The zero-order valence-electron chi connectivity index (χ0n) is 15.3. The number of hydrazine groups is 1. The fourth-order valence-electron chi connectivity index (χ4n) is 2.55. The number of aliphatic carboxylic acids is 1. The molecular weight excluding hydrogens is 424 g/mol. The SMILES string of the molecule is CC(C)(C)OC(=O)N[C@@H](Cc1coc(Br)n1)C(=O)N1CCC[C@@H](C(=O)O)N1. The van der Waals surface area contributed by atoms with Gasteiger partial charge in [0.25, 0.3) is 10.7 Å². The van der Waals surface area contributed by atoms with Crippen LogP contribution < -0.4 is 10.7 Å². The lowest BCUT2D eigenvalue weighted by Gasteiger charge is -2.34. The molecule has 2 rings (SSSR count). The molecule has 1 aromatic rings. The average molecular weight is 447 g/mol. The van der Waals surface area contributed by atoms with Crippen LogP contribution in [0.2, 0.25) is 0 Å². The molecule has 3 N–H and O–H groups in total. The zero-order valence-corrected chi connectivity index (χ0v) is 16.9. The molecule has 1 aliphatic heterocycles. The van der Waals surface area contributed by atoms with Gasteiger partial charge in [-0.3, -0.25) is 14.6 Å². The third-order valence-corrected chi connectivity index (χ3v) is 4.04. The van der Waals surface area contributed by atoms with Gasteiger partial charge in [0, 0.05) is 28.9 Å². The first-order valence-electron chi connectivity index (χ1n) is 8.45. The van der Waals surface area contributed by atoms with Gasteiger partial charge in [0.2, 0.25) is 0 Å². The van der Waals surface area contributed by atoms with Gasteiger partial charge in [-0.1, -0.05) is 0 Å². The lowest BCUT2D eigenvalue weighted by molar-refractivity contribution is -0.147. The molecule has 1 aromatic heterocycles. The summed E-state index contributed by atoms with van der Waals surface area (Å²) in [6.07, 6.45) is 1.62. The molecule has 2 amide bonds. The fraction of sp³-hybridized carbons (Fsp3) is 0.625. The van der Waals surface area contributed by atoms with Crippen LogP contribution in [0.1, 0.15) is 39.3 Å². The van der Waals surface area contributed by atoms with E-state index in [9.17, 15) is 14.4 Å². The molecule has 0 aromatic carbocycles. The van der Waals surface area contributed by atoms with Crippen molar-refractivity contribution in [1.82, 2.24) is 20.7 Å². The Balaban J connectivity index is 2.13. The summed E-state index contributed by atoms with van der Waals surface area (Å²) >= 11 is 3.09. The number of ether oxygens (including phenoxy) is 1. The maximum Gasteiger partial charge on any atom is 0.408 e. The van der Waals surface area contributed by atoms with Crippen molar-refractivity contribution in [1.29, 1.82) is 0 Å². The maximum absolute atomic E-state index is 12.9. The average Bonchev–Trinajstić information content (AvgIpc) is 2.97. The Morgan fingerprint density at radius 2 is 2.22 bits per heavy atom. The van der Waals surface area contributed by atoms with Gasteiger partial charge in [0.1, 0.15) is 23.9 Å². The first kappa shape index (κ1) is 21.2. The third-order valence-electron chi connectivity index (χ3n) is 3.68. The van der Waals surface area contributed by atoms with Gasteiger partial charge in [0.05, 0.1) is 5.69 Å². The molecule has 2 atom stereocenters. The van der Waals surface area contributed by atoms with E-state index in [0.717, 1.165) is 0 Å². The Morgan fingerprint density at radius 3 is 2.78 bits per heavy atom. The van der Waals surface area contributed by atoms with E-state index in [4.69, 9.17) is 14.3 Å². The van der Waals surface area contributed by atoms with Gasteiger partial charge in [-0.05, 0) is 33.6 Å². The minimum atomic E-state index is -1.04. The molecule has 0 aliphatic carbocycles. The van der Waals surface area contributed by atoms with Gasteiger partial charge in [-0.15, -0.1) is 0 Å². The van der Waals surface area contributed by atoms with Crippen LogP contribution in [0, 0.1) is 0 Å². The van der Waals surface area contributed by atoms with Crippen LogP contribution in [0.4, 0.5) is 4.79 Å². The number of aromatic nitrogens is 1. The second-order valence-electron chi connectivity index (χ2n) is 7.15. The molecule has 2 heterocycles. The zero-order chi connectivity index (χ0) is 20.2. The van der Waals surface area contributed by atoms with Crippen LogP contribution in [0.5, 0.6) is 0 Å². The minimum absolute atomic E-state index is 0.0586.